The van der Waals surface area contributed by atoms with E-state index in [1.54, 1.807) is 30.3 Å². The van der Waals surface area contributed by atoms with Gasteiger partial charge in [0.2, 0.25) is 5.16 Å². The number of halogens is 1. The molecule has 0 aliphatic rings. The van der Waals surface area contributed by atoms with Crippen molar-refractivity contribution in [1.29, 1.82) is 0 Å². The lowest BCUT2D eigenvalue weighted by Crippen LogP contribution is -2.23. The number of aromatic nitrogens is 6. The van der Waals surface area contributed by atoms with Crippen molar-refractivity contribution in [2.75, 3.05) is 5.84 Å². The van der Waals surface area contributed by atoms with Crippen molar-refractivity contribution in [1.82, 2.24) is 29.9 Å². The standard InChI is InChI=1S/C16H12ClN7OS/c17-11-5-3-4-10(8-11)14-20-21-16(24(14)18)26-9-23-15(25)12-6-1-2-7-13(12)19-22-23/h1-8H,9,18H2. The molecule has 0 saturated carbocycles. The summed E-state index contributed by atoms with van der Waals surface area (Å²) in [5.41, 5.74) is 1.09. The van der Waals surface area contributed by atoms with Gasteiger partial charge in [-0.25, -0.2) is 4.68 Å². The van der Waals surface area contributed by atoms with E-state index in [4.69, 9.17) is 17.4 Å². The summed E-state index contributed by atoms with van der Waals surface area (Å²) in [5, 5.41) is 17.7. The molecule has 0 amide bonds. The van der Waals surface area contributed by atoms with Crippen molar-refractivity contribution in [2.45, 2.75) is 11.0 Å². The van der Waals surface area contributed by atoms with Crippen LogP contribution in [0.4, 0.5) is 0 Å². The minimum Gasteiger partial charge on any atom is -0.335 e. The molecule has 4 rings (SSSR count). The molecule has 0 bridgehead atoms. The normalized spacial score (nSPS) is 11.1. The van der Waals surface area contributed by atoms with Crippen LogP contribution in [-0.2, 0) is 5.88 Å². The van der Waals surface area contributed by atoms with Crippen LogP contribution in [-0.4, -0.2) is 29.9 Å². The molecule has 2 aromatic heterocycles. The minimum absolute atomic E-state index is 0.210. The minimum atomic E-state index is -0.221. The Kier molecular flexibility index (Phi) is 4.31. The lowest BCUT2D eigenvalue weighted by Gasteiger charge is -2.05. The number of hydrogen-bond donors (Lipinski definition) is 1. The Balaban J connectivity index is 1.60. The molecule has 2 aromatic carbocycles. The van der Waals surface area contributed by atoms with Gasteiger partial charge in [0.05, 0.1) is 11.3 Å². The first-order chi connectivity index (χ1) is 12.6. The van der Waals surface area contributed by atoms with Crippen molar-refractivity contribution in [2.24, 2.45) is 0 Å². The molecule has 0 unspecified atom stereocenters. The predicted molar refractivity (Wildman–Crippen MR) is 100 cm³/mol. The van der Waals surface area contributed by atoms with Gasteiger partial charge in [-0.1, -0.05) is 52.8 Å². The van der Waals surface area contributed by atoms with Crippen molar-refractivity contribution in [3.8, 4) is 11.4 Å². The van der Waals surface area contributed by atoms with Crippen LogP contribution in [0.25, 0.3) is 22.3 Å². The zero-order valence-electron chi connectivity index (χ0n) is 13.3. The fourth-order valence-electron chi connectivity index (χ4n) is 2.43. The van der Waals surface area contributed by atoms with E-state index in [1.807, 2.05) is 18.2 Å². The Morgan fingerprint density at radius 1 is 1.08 bits per heavy atom. The number of hydrogen-bond acceptors (Lipinski definition) is 7. The van der Waals surface area contributed by atoms with Crippen LogP contribution in [0, 0.1) is 0 Å². The lowest BCUT2D eigenvalue weighted by molar-refractivity contribution is 0.642. The van der Waals surface area contributed by atoms with Gasteiger partial charge >= 0.3 is 0 Å². The third-order valence-corrected chi connectivity index (χ3v) is 4.84. The molecular formula is C16H12ClN7OS. The first kappa shape index (κ1) is 16.6. The number of rotatable bonds is 4. The molecule has 0 atom stereocenters. The second kappa shape index (κ2) is 6.77. The average molecular weight is 386 g/mol. The molecule has 10 heteroatoms. The lowest BCUT2D eigenvalue weighted by atomic mass is 10.2. The smallest absolute Gasteiger partial charge is 0.278 e. The third kappa shape index (κ3) is 3.02. The van der Waals surface area contributed by atoms with Crippen LogP contribution in [0.1, 0.15) is 0 Å². The van der Waals surface area contributed by atoms with E-state index in [2.05, 4.69) is 20.5 Å². The van der Waals surface area contributed by atoms with Crippen molar-refractivity contribution >= 4 is 34.3 Å². The Bertz CT molecular complexity index is 1160. The summed E-state index contributed by atoms with van der Waals surface area (Å²) in [5.74, 6) is 6.77. The number of nitrogens with two attached hydrogens (primary N) is 1. The number of nitrogen functional groups attached to an aromatic ring is 1. The number of thioether (sulfide) groups is 1. The van der Waals surface area contributed by atoms with E-state index in [9.17, 15) is 4.79 Å². The Labute approximate surface area is 156 Å². The zero-order valence-corrected chi connectivity index (χ0v) is 14.9. The summed E-state index contributed by atoms with van der Waals surface area (Å²) in [6.45, 7) is 0. The summed E-state index contributed by atoms with van der Waals surface area (Å²) in [6, 6.07) is 14.2. The molecular weight excluding hydrogens is 374 g/mol. The number of fused-ring (bicyclic) bond motifs is 1. The van der Waals surface area contributed by atoms with E-state index in [0.717, 1.165) is 5.56 Å². The van der Waals surface area contributed by atoms with Gasteiger partial charge in [0.25, 0.3) is 5.56 Å². The molecule has 4 aromatic rings. The molecule has 26 heavy (non-hydrogen) atoms. The molecule has 0 saturated heterocycles. The Hall–Kier alpha value is -2.91. The molecule has 0 radical (unpaired) electrons. The Morgan fingerprint density at radius 2 is 1.92 bits per heavy atom. The van der Waals surface area contributed by atoms with Gasteiger partial charge in [0.15, 0.2) is 5.82 Å². The van der Waals surface area contributed by atoms with E-state index in [1.165, 1.54) is 21.1 Å². The van der Waals surface area contributed by atoms with Crippen molar-refractivity contribution in [3.05, 3.63) is 63.9 Å². The third-order valence-electron chi connectivity index (χ3n) is 3.69. The van der Waals surface area contributed by atoms with E-state index < -0.39 is 0 Å². The fraction of sp³-hybridized carbons (Fsp3) is 0.0625. The van der Waals surface area contributed by atoms with E-state index in [0.29, 0.717) is 26.9 Å². The van der Waals surface area contributed by atoms with Crippen LogP contribution in [0.5, 0.6) is 0 Å². The van der Waals surface area contributed by atoms with Gasteiger partial charge in [-0.3, -0.25) is 4.79 Å². The van der Waals surface area contributed by atoms with E-state index >= 15 is 0 Å². The molecule has 0 aliphatic carbocycles. The van der Waals surface area contributed by atoms with Crippen molar-refractivity contribution in [3.63, 3.8) is 0 Å². The van der Waals surface area contributed by atoms with Crippen molar-refractivity contribution < 1.29 is 0 Å². The average Bonchev–Trinajstić information content (AvgIpc) is 3.02. The highest BCUT2D eigenvalue weighted by molar-refractivity contribution is 7.98. The number of benzene rings is 2. The van der Waals surface area contributed by atoms with Crippen LogP contribution < -0.4 is 11.4 Å². The zero-order chi connectivity index (χ0) is 18.1. The molecule has 2 N–H and O–H groups in total. The largest absolute Gasteiger partial charge is 0.335 e. The maximum absolute atomic E-state index is 12.5. The van der Waals surface area contributed by atoms with Gasteiger partial charge in [0.1, 0.15) is 5.52 Å². The first-order valence-electron chi connectivity index (χ1n) is 7.55. The van der Waals surface area contributed by atoms with Gasteiger partial charge in [0, 0.05) is 10.6 Å². The first-order valence-corrected chi connectivity index (χ1v) is 8.91. The summed E-state index contributed by atoms with van der Waals surface area (Å²) in [6.07, 6.45) is 0. The summed E-state index contributed by atoms with van der Waals surface area (Å²) in [7, 11) is 0. The maximum Gasteiger partial charge on any atom is 0.278 e. The SMILES string of the molecule is Nn1c(SCn2nnc3ccccc3c2=O)nnc1-c1cccc(Cl)c1. The predicted octanol–water partition coefficient (Wildman–Crippen LogP) is 2.17. The van der Waals surface area contributed by atoms with Gasteiger partial charge in [-0.2, -0.15) is 4.68 Å². The highest BCUT2D eigenvalue weighted by atomic mass is 35.5. The fourth-order valence-corrected chi connectivity index (χ4v) is 3.35. The molecule has 8 nitrogen and oxygen atoms in total. The molecule has 0 fully saturated rings. The van der Waals surface area contributed by atoms with Crippen LogP contribution in [0.2, 0.25) is 5.02 Å². The number of nitrogens with zero attached hydrogens (tertiary/aromatic N) is 6. The summed E-state index contributed by atoms with van der Waals surface area (Å²) < 4.78 is 2.62. The van der Waals surface area contributed by atoms with Gasteiger partial charge in [-0.15, -0.1) is 15.3 Å². The topological polar surface area (TPSA) is 105 Å². The summed E-state index contributed by atoms with van der Waals surface area (Å²) in [4.78, 5) is 12.5. The van der Waals surface area contributed by atoms with Crippen LogP contribution >= 0.6 is 23.4 Å². The Morgan fingerprint density at radius 3 is 2.77 bits per heavy atom. The van der Waals surface area contributed by atoms with Crippen LogP contribution in [0.3, 0.4) is 0 Å². The highest BCUT2D eigenvalue weighted by Gasteiger charge is 2.13. The second-order valence-electron chi connectivity index (χ2n) is 5.37. The molecule has 0 aliphatic heterocycles. The molecule has 0 spiro atoms. The monoisotopic (exact) mass is 385 g/mol. The molecule has 130 valence electrons. The summed E-state index contributed by atoms with van der Waals surface area (Å²) >= 11 is 7.24. The van der Waals surface area contributed by atoms with Gasteiger partial charge < -0.3 is 5.84 Å². The van der Waals surface area contributed by atoms with E-state index in [-0.39, 0.29) is 11.4 Å². The van der Waals surface area contributed by atoms with Crippen LogP contribution in [0.15, 0.2) is 58.5 Å². The maximum atomic E-state index is 12.5. The quantitative estimate of drug-likeness (QED) is 0.424. The molecule has 2 heterocycles. The highest BCUT2D eigenvalue weighted by Crippen LogP contribution is 2.24. The van der Waals surface area contributed by atoms with Gasteiger partial charge in [-0.05, 0) is 24.3 Å². The second-order valence-corrected chi connectivity index (χ2v) is 6.72.